The number of nitrogens with zero attached hydrogens (tertiary/aromatic N) is 1. The fourth-order valence-corrected chi connectivity index (χ4v) is 2.56. The second-order valence-corrected chi connectivity index (χ2v) is 4.40. The van der Waals surface area contributed by atoms with Crippen molar-refractivity contribution in [3.8, 4) is 0 Å². The third-order valence-electron chi connectivity index (χ3n) is 3.29. The van der Waals surface area contributed by atoms with Crippen molar-refractivity contribution in [3.05, 3.63) is 35.9 Å². The zero-order valence-electron chi connectivity index (χ0n) is 8.23. The maximum atomic E-state index is 2.59. The highest BCUT2D eigenvalue weighted by molar-refractivity contribution is 5.85. The van der Waals surface area contributed by atoms with E-state index in [1.165, 1.54) is 31.5 Å². The monoisotopic (exact) mass is 209 g/mol. The second kappa shape index (κ2) is 3.92. The quantitative estimate of drug-likeness (QED) is 0.676. The summed E-state index contributed by atoms with van der Waals surface area (Å²) >= 11 is 0. The molecule has 0 aliphatic carbocycles. The molecule has 2 heteroatoms. The van der Waals surface area contributed by atoms with E-state index in [0.717, 1.165) is 12.0 Å². The van der Waals surface area contributed by atoms with Crippen molar-refractivity contribution in [2.75, 3.05) is 13.1 Å². The summed E-state index contributed by atoms with van der Waals surface area (Å²) < 4.78 is 0. The summed E-state index contributed by atoms with van der Waals surface area (Å²) in [7, 11) is 0. The van der Waals surface area contributed by atoms with Gasteiger partial charge in [-0.05, 0) is 24.3 Å². The van der Waals surface area contributed by atoms with Gasteiger partial charge in [0.25, 0.3) is 0 Å². The van der Waals surface area contributed by atoms with Crippen molar-refractivity contribution in [2.24, 2.45) is 5.92 Å². The molecule has 2 saturated heterocycles. The van der Waals surface area contributed by atoms with Crippen molar-refractivity contribution in [1.29, 1.82) is 0 Å². The van der Waals surface area contributed by atoms with Crippen LogP contribution in [0.15, 0.2) is 30.3 Å². The van der Waals surface area contributed by atoms with Crippen LogP contribution in [0.4, 0.5) is 0 Å². The molecule has 0 N–H and O–H groups in total. The summed E-state index contributed by atoms with van der Waals surface area (Å²) in [6, 6.07) is 11.8. The minimum absolute atomic E-state index is 0. The van der Waals surface area contributed by atoms with Crippen LogP contribution in [0.3, 0.4) is 0 Å². The van der Waals surface area contributed by atoms with Gasteiger partial charge in [0.05, 0.1) is 0 Å². The summed E-state index contributed by atoms with van der Waals surface area (Å²) in [6.45, 7) is 2.73. The highest BCUT2D eigenvalue weighted by atomic mass is 35.5. The lowest BCUT2D eigenvalue weighted by Crippen LogP contribution is -2.10. The number of halogens is 1. The Hall–Kier alpha value is -0.530. The van der Waals surface area contributed by atoms with E-state index in [1.54, 1.807) is 0 Å². The van der Waals surface area contributed by atoms with E-state index in [4.69, 9.17) is 0 Å². The number of benzene rings is 1. The maximum absolute atomic E-state index is 2.59. The van der Waals surface area contributed by atoms with Crippen molar-refractivity contribution >= 4 is 12.4 Å². The first-order valence-corrected chi connectivity index (χ1v) is 5.20. The lowest BCUT2D eigenvalue weighted by atomic mass is 9.96. The Labute approximate surface area is 91.5 Å². The molecule has 3 unspecified atom stereocenters. The number of hydrogen-bond acceptors (Lipinski definition) is 1. The van der Waals surface area contributed by atoms with Gasteiger partial charge in [0.15, 0.2) is 0 Å². The molecule has 0 aromatic heterocycles. The van der Waals surface area contributed by atoms with E-state index in [1.807, 2.05) is 0 Å². The third-order valence-corrected chi connectivity index (χ3v) is 3.29. The van der Waals surface area contributed by atoms with E-state index in [2.05, 4.69) is 35.2 Å². The first-order chi connectivity index (χ1) is 6.42. The van der Waals surface area contributed by atoms with Crippen LogP contribution in [-0.2, 0) is 6.42 Å². The van der Waals surface area contributed by atoms with Crippen molar-refractivity contribution < 1.29 is 0 Å². The zero-order valence-corrected chi connectivity index (χ0v) is 9.04. The van der Waals surface area contributed by atoms with Crippen LogP contribution < -0.4 is 0 Å². The largest absolute Gasteiger partial charge is 0.297 e. The first-order valence-electron chi connectivity index (χ1n) is 5.20. The van der Waals surface area contributed by atoms with Gasteiger partial charge in [-0.3, -0.25) is 4.90 Å². The molecule has 0 amide bonds. The standard InChI is InChI=1S/C12H15N.ClH/c1-2-4-10(5-3-1)6-11-7-12-9-13(12)8-11;/h1-5,11-12H,6-9H2;1H. The second-order valence-electron chi connectivity index (χ2n) is 4.40. The molecule has 2 aliphatic heterocycles. The minimum Gasteiger partial charge on any atom is -0.297 e. The minimum atomic E-state index is 0. The zero-order chi connectivity index (χ0) is 8.67. The normalized spacial score (nSPS) is 33.3. The molecule has 0 bridgehead atoms. The number of hydrogen-bond donors (Lipinski definition) is 0. The van der Waals surface area contributed by atoms with Crippen molar-refractivity contribution in [2.45, 2.75) is 18.9 Å². The van der Waals surface area contributed by atoms with Crippen LogP contribution >= 0.6 is 12.4 Å². The van der Waals surface area contributed by atoms with Crippen LogP contribution in [-0.4, -0.2) is 24.0 Å². The van der Waals surface area contributed by atoms with E-state index < -0.39 is 0 Å². The van der Waals surface area contributed by atoms with E-state index in [0.29, 0.717) is 0 Å². The number of fused-ring (bicyclic) bond motifs is 1. The van der Waals surface area contributed by atoms with E-state index in [9.17, 15) is 0 Å². The molecule has 0 radical (unpaired) electrons. The summed E-state index contributed by atoms with van der Waals surface area (Å²) in [6.07, 6.45) is 2.72. The lowest BCUT2D eigenvalue weighted by molar-refractivity contribution is 0.479. The average Bonchev–Trinajstić information content (AvgIpc) is 2.76. The smallest absolute Gasteiger partial charge is 0.0227 e. The molecule has 0 saturated carbocycles. The van der Waals surface area contributed by atoms with Crippen LogP contribution in [0.2, 0.25) is 0 Å². The molecule has 14 heavy (non-hydrogen) atoms. The Morgan fingerprint density at radius 2 is 1.93 bits per heavy atom. The summed E-state index contributed by atoms with van der Waals surface area (Å²) in [5, 5.41) is 0. The highest BCUT2D eigenvalue weighted by Crippen LogP contribution is 2.35. The molecule has 76 valence electrons. The molecule has 1 aromatic rings. The molecule has 3 atom stereocenters. The van der Waals surface area contributed by atoms with Crippen LogP contribution in [0.1, 0.15) is 12.0 Å². The molecule has 2 fully saturated rings. The van der Waals surface area contributed by atoms with E-state index in [-0.39, 0.29) is 12.4 Å². The Balaban J connectivity index is 0.000000750. The topological polar surface area (TPSA) is 3.01 Å². The van der Waals surface area contributed by atoms with Gasteiger partial charge in [-0.1, -0.05) is 30.3 Å². The first kappa shape index (κ1) is 10.0. The van der Waals surface area contributed by atoms with Gasteiger partial charge < -0.3 is 0 Å². The van der Waals surface area contributed by atoms with Crippen molar-refractivity contribution in [3.63, 3.8) is 0 Å². The molecular weight excluding hydrogens is 194 g/mol. The number of piperidine rings is 1. The van der Waals surface area contributed by atoms with Gasteiger partial charge in [-0.2, -0.15) is 0 Å². The Morgan fingerprint density at radius 3 is 2.57 bits per heavy atom. The third kappa shape index (κ3) is 1.94. The molecular formula is C12H16ClN. The molecule has 3 rings (SSSR count). The Bertz CT molecular complexity index is 288. The van der Waals surface area contributed by atoms with Gasteiger partial charge in [-0.25, -0.2) is 0 Å². The Morgan fingerprint density at radius 1 is 1.14 bits per heavy atom. The Kier molecular flexibility index (Phi) is 2.80. The molecule has 1 aromatic carbocycles. The molecule has 1 nitrogen and oxygen atoms in total. The van der Waals surface area contributed by atoms with Gasteiger partial charge in [0.2, 0.25) is 0 Å². The predicted octanol–water partition coefficient (Wildman–Crippen LogP) is 2.35. The van der Waals surface area contributed by atoms with Crippen LogP contribution in [0, 0.1) is 5.92 Å². The predicted molar refractivity (Wildman–Crippen MR) is 60.9 cm³/mol. The highest BCUT2D eigenvalue weighted by Gasteiger charge is 2.42. The van der Waals surface area contributed by atoms with Gasteiger partial charge >= 0.3 is 0 Å². The average molecular weight is 210 g/mol. The molecule has 0 spiro atoms. The van der Waals surface area contributed by atoms with Gasteiger partial charge in [0.1, 0.15) is 0 Å². The number of rotatable bonds is 2. The van der Waals surface area contributed by atoms with Gasteiger partial charge in [-0.15, -0.1) is 12.4 Å². The summed E-state index contributed by atoms with van der Waals surface area (Å²) in [4.78, 5) is 2.59. The SMILES string of the molecule is Cl.c1ccc(CC2CC3CN3C2)cc1. The van der Waals surface area contributed by atoms with Crippen molar-refractivity contribution in [1.82, 2.24) is 4.90 Å². The fourth-order valence-electron chi connectivity index (χ4n) is 2.56. The summed E-state index contributed by atoms with van der Waals surface area (Å²) in [5.41, 5.74) is 1.51. The molecule has 2 heterocycles. The van der Waals surface area contributed by atoms with Gasteiger partial charge in [0, 0.05) is 19.1 Å². The summed E-state index contributed by atoms with van der Waals surface area (Å²) in [5.74, 6) is 0.932. The molecule has 2 aliphatic rings. The fraction of sp³-hybridized carbons (Fsp3) is 0.500. The van der Waals surface area contributed by atoms with E-state index >= 15 is 0 Å². The maximum Gasteiger partial charge on any atom is 0.0227 e. The lowest BCUT2D eigenvalue weighted by Gasteiger charge is -2.10. The van der Waals surface area contributed by atoms with Crippen LogP contribution in [0.25, 0.3) is 0 Å². The van der Waals surface area contributed by atoms with Crippen LogP contribution in [0.5, 0.6) is 0 Å².